The molecular formula is C13H18N4O4. The Balaban J connectivity index is 0.00000161. The third-order valence-electron chi connectivity index (χ3n) is 3.90. The predicted octanol–water partition coefficient (Wildman–Crippen LogP) is -1.05. The molecule has 0 amide bonds. The molecule has 2 aromatic rings. The molecule has 21 heavy (non-hydrogen) atoms. The van der Waals surface area contributed by atoms with E-state index in [9.17, 15) is 15.0 Å². The Hall–Kier alpha value is -2.16. The van der Waals surface area contributed by atoms with Crippen molar-refractivity contribution < 1.29 is 15.7 Å². The van der Waals surface area contributed by atoms with Crippen molar-refractivity contribution in [1.29, 1.82) is 0 Å². The topological polar surface area (TPSA) is 149 Å². The van der Waals surface area contributed by atoms with Crippen molar-refractivity contribution in [2.24, 2.45) is 5.92 Å². The van der Waals surface area contributed by atoms with E-state index >= 15 is 0 Å². The van der Waals surface area contributed by atoms with Crippen molar-refractivity contribution in [2.75, 3.05) is 12.3 Å². The molecule has 7 N–H and O–H groups in total. The number of aliphatic hydroxyl groups excluding tert-OH is 2. The van der Waals surface area contributed by atoms with E-state index in [1.165, 1.54) is 0 Å². The molecule has 1 fully saturated rings. The van der Waals surface area contributed by atoms with E-state index < -0.39 is 6.10 Å². The number of nitrogens with one attached hydrogen (secondary N) is 1. The summed E-state index contributed by atoms with van der Waals surface area (Å²) in [6, 6.07) is 1.36. The molecule has 0 aliphatic heterocycles. The van der Waals surface area contributed by atoms with Crippen LogP contribution in [0.3, 0.4) is 0 Å². The highest BCUT2D eigenvalue weighted by atomic mass is 16.3. The summed E-state index contributed by atoms with van der Waals surface area (Å²) in [6.07, 6.45) is 1.49. The van der Waals surface area contributed by atoms with Crippen molar-refractivity contribution in [2.45, 2.75) is 18.6 Å². The normalized spacial score (nSPS) is 25.2. The van der Waals surface area contributed by atoms with Gasteiger partial charge >= 0.3 is 0 Å². The number of hydrogen-bond acceptors (Lipinski definition) is 5. The molecular weight excluding hydrogens is 276 g/mol. The molecule has 8 nitrogen and oxygen atoms in total. The minimum Gasteiger partial charge on any atom is -0.412 e. The zero-order valence-corrected chi connectivity index (χ0v) is 11.3. The molecule has 0 saturated heterocycles. The highest BCUT2D eigenvalue weighted by molar-refractivity contribution is 5.76. The number of aromatic amines is 1. The quantitative estimate of drug-likeness (QED) is 0.521. The predicted molar refractivity (Wildman–Crippen MR) is 77.8 cm³/mol. The largest absolute Gasteiger partial charge is 0.412 e. The fourth-order valence-electron chi connectivity index (χ4n) is 2.96. The number of nitrogens with two attached hydrogens (primary N) is 1. The molecule has 0 unspecified atom stereocenters. The summed E-state index contributed by atoms with van der Waals surface area (Å²) in [5.74, 6) is -0.326. The molecule has 8 heteroatoms. The van der Waals surface area contributed by atoms with Gasteiger partial charge in [0.25, 0.3) is 5.56 Å². The molecule has 1 aliphatic carbocycles. The van der Waals surface area contributed by atoms with Crippen molar-refractivity contribution in [3.63, 3.8) is 0 Å². The summed E-state index contributed by atoms with van der Waals surface area (Å²) in [6.45, 7) is 3.79. The van der Waals surface area contributed by atoms with Gasteiger partial charge in [0.2, 0.25) is 5.95 Å². The van der Waals surface area contributed by atoms with Crippen LogP contribution in [0.1, 0.15) is 12.5 Å². The summed E-state index contributed by atoms with van der Waals surface area (Å²) < 4.78 is 1.75. The Morgan fingerprint density at radius 2 is 2.29 bits per heavy atom. The van der Waals surface area contributed by atoms with Crippen LogP contribution in [-0.2, 0) is 0 Å². The zero-order valence-electron chi connectivity index (χ0n) is 11.3. The second-order valence-electron chi connectivity index (χ2n) is 5.13. The number of aliphatic hydroxyl groups is 2. The van der Waals surface area contributed by atoms with Gasteiger partial charge in [-0.1, -0.05) is 12.2 Å². The molecule has 1 saturated carbocycles. The summed E-state index contributed by atoms with van der Waals surface area (Å²) >= 11 is 0. The Morgan fingerprint density at radius 3 is 2.95 bits per heavy atom. The monoisotopic (exact) mass is 294 g/mol. The van der Waals surface area contributed by atoms with E-state index in [1.807, 2.05) is 0 Å². The first-order valence-corrected chi connectivity index (χ1v) is 6.36. The van der Waals surface area contributed by atoms with Gasteiger partial charge in [0.15, 0.2) is 0 Å². The first kappa shape index (κ1) is 15.2. The molecule has 3 rings (SSSR count). The lowest BCUT2D eigenvalue weighted by Crippen LogP contribution is -2.25. The lowest BCUT2D eigenvalue weighted by atomic mass is 10.0. The number of fused-ring (bicyclic) bond motifs is 1. The van der Waals surface area contributed by atoms with Crippen LogP contribution in [0.25, 0.3) is 11.0 Å². The van der Waals surface area contributed by atoms with E-state index in [-0.39, 0.29) is 35.6 Å². The van der Waals surface area contributed by atoms with E-state index in [2.05, 4.69) is 16.5 Å². The molecule has 2 aromatic heterocycles. The van der Waals surface area contributed by atoms with Gasteiger partial charge in [-0.15, -0.1) is 0 Å². The summed E-state index contributed by atoms with van der Waals surface area (Å²) in [4.78, 5) is 18.4. The first-order chi connectivity index (χ1) is 9.52. The molecule has 0 spiro atoms. The van der Waals surface area contributed by atoms with Crippen LogP contribution < -0.4 is 11.3 Å². The second-order valence-corrected chi connectivity index (χ2v) is 5.13. The van der Waals surface area contributed by atoms with Crippen molar-refractivity contribution in [3.8, 4) is 0 Å². The molecule has 0 aromatic carbocycles. The lowest BCUT2D eigenvalue weighted by Gasteiger charge is -2.22. The third kappa shape index (κ3) is 2.23. The van der Waals surface area contributed by atoms with Gasteiger partial charge in [-0.05, 0) is 12.5 Å². The molecule has 2 heterocycles. The van der Waals surface area contributed by atoms with Gasteiger partial charge in [-0.25, -0.2) is 0 Å². The Bertz CT molecular complexity index is 735. The van der Waals surface area contributed by atoms with E-state index in [0.29, 0.717) is 17.5 Å². The number of nitrogens with zero attached hydrogens (tertiary/aromatic N) is 2. The van der Waals surface area contributed by atoms with Gasteiger partial charge in [-0.3, -0.25) is 9.78 Å². The highest BCUT2D eigenvalue weighted by Crippen LogP contribution is 2.40. The number of hydrogen-bond donors (Lipinski definition) is 4. The number of aromatic nitrogens is 3. The third-order valence-corrected chi connectivity index (χ3v) is 3.90. The Morgan fingerprint density at radius 1 is 1.57 bits per heavy atom. The van der Waals surface area contributed by atoms with Gasteiger partial charge in [0, 0.05) is 12.1 Å². The zero-order chi connectivity index (χ0) is 14.4. The lowest BCUT2D eigenvalue weighted by molar-refractivity contribution is 0.0750. The molecule has 3 atom stereocenters. The summed E-state index contributed by atoms with van der Waals surface area (Å²) in [7, 11) is 0. The average Bonchev–Trinajstić information content (AvgIpc) is 2.89. The van der Waals surface area contributed by atoms with Crippen molar-refractivity contribution in [3.05, 3.63) is 34.8 Å². The van der Waals surface area contributed by atoms with Gasteiger partial charge in [-0.2, -0.15) is 4.98 Å². The van der Waals surface area contributed by atoms with Crippen LogP contribution in [0, 0.1) is 5.92 Å². The van der Waals surface area contributed by atoms with Crippen LogP contribution >= 0.6 is 0 Å². The average molecular weight is 294 g/mol. The van der Waals surface area contributed by atoms with Crippen LogP contribution in [-0.4, -0.2) is 42.9 Å². The molecule has 114 valence electrons. The number of rotatable bonds is 2. The standard InChI is InChI=1S/C13H16N4O3.H2O/c1-6-4-9(19)8(5-18)10(6)17-3-2-7-11(17)15-13(14)16-12(7)20;/h2-3,8-10,18-19H,1,4-5H2,(H3,14,15,16,20);1H2/t8-,9-,10-;/m1./s1. The minimum absolute atomic E-state index is 0. The smallest absolute Gasteiger partial charge is 0.261 e. The molecule has 0 bridgehead atoms. The minimum atomic E-state index is -0.644. The molecule has 1 aliphatic rings. The maximum absolute atomic E-state index is 11.8. The molecule has 0 radical (unpaired) electrons. The first-order valence-electron chi connectivity index (χ1n) is 6.36. The van der Waals surface area contributed by atoms with Gasteiger partial charge < -0.3 is 26.0 Å². The highest BCUT2D eigenvalue weighted by Gasteiger charge is 2.39. The van der Waals surface area contributed by atoms with Gasteiger partial charge in [0.1, 0.15) is 5.65 Å². The number of H-pyrrole nitrogens is 1. The summed E-state index contributed by atoms with van der Waals surface area (Å²) in [5, 5.41) is 19.9. The SMILES string of the molecule is C=C1C[C@@H](O)[C@@H](CO)[C@@H]1n1ccc2c(=O)[nH]c(N)nc21.O. The number of nitrogen functional groups attached to an aromatic ring is 1. The van der Waals surface area contributed by atoms with E-state index in [0.717, 1.165) is 5.57 Å². The number of anilines is 1. The van der Waals surface area contributed by atoms with Crippen LogP contribution in [0.4, 0.5) is 5.95 Å². The second kappa shape index (κ2) is 5.32. The van der Waals surface area contributed by atoms with E-state index in [4.69, 9.17) is 5.73 Å². The van der Waals surface area contributed by atoms with Crippen LogP contribution in [0.2, 0.25) is 0 Å². The van der Waals surface area contributed by atoms with Gasteiger partial charge in [0.05, 0.1) is 24.1 Å². The Labute approximate surface area is 119 Å². The van der Waals surface area contributed by atoms with Crippen LogP contribution in [0.15, 0.2) is 29.2 Å². The maximum atomic E-state index is 11.8. The Kier molecular flexibility index (Phi) is 3.86. The summed E-state index contributed by atoms with van der Waals surface area (Å²) in [5.41, 5.74) is 6.51. The van der Waals surface area contributed by atoms with Crippen molar-refractivity contribution >= 4 is 17.0 Å². The van der Waals surface area contributed by atoms with Crippen molar-refractivity contribution in [1.82, 2.24) is 14.5 Å². The fourth-order valence-corrected chi connectivity index (χ4v) is 2.96. The fraction of sp³-hybridized carbons (Fsp3) is 0.385. The van der Waals surface area contributed by atoms with E-state index in [1.54, 1.807) is 16.8 Å². The van der Waals surface area contributed by atoms with Crippen LogP contribution in [0.5, 0.6) is 0 Å². The maximum Gasteiger partial charge on any atom is 0.261 e.